The molecule has 1 aliphatic rings. The van der Waals surface area contributed by atoms with E-state index in [2.05, 4.69) is 47.4 Å². The van der Waals surface area contributed by atoms with Gasteiger partial charge in [0.1, 0.15) is 0 Å². The summed E-state index contributed by atoms with van der Waals surface area (Å²) >= 11 is 6.35. The van der Waals surface area contributed by atoms with Crippen molar-refractivity contribution in [2.45, 2.75) is 19.4 Å². The van der Waals surface area contributed by atoms with Gasteiger partial charge in [0.05, 0.1) is 0 Å². The highest BCUT2D eigenvalue weighted by atomic mass is 35.5. The maximum atomic E-state index is 6.35. The maximum Gasteiger partial charge on any atom is 0.0459 e. The second-order valence-corrected chi connectivity index (χ2v) is 5.66. The van der Waals surface area contributed by atoms with Crippen LogP contribution in [-0.2, 0) is 19.4 Å². The quantitative estimate of drug-likeness (QED) is 0.937. The fraction of sp³-hybridized carbons (Fsp3) is 0.294. The van der Waals surface area contributed by atoms with Gasteiger partial charge in [-0.3, -0.25) is 0 Å². The number of hydrogen-bond donors (Lipinski definition) is 1. The molecule has 0 unspecified atom stereocenters. The number of fused-ring (bicyclic) bond motifs is 1. The molecule has 0 bridgehead atoms. The van der Waals surface area contributed by atoms with Crippen molar-refractivity contribution in [1.29, 1.82) is 0 Å². The van der Waals surface area contributed by atoms with E-state index in [0.717, 1.165) is 36.5 Å². The average Bonchev–Trinajstić information content (AvgIpc) is 2.49. The second-order valence-electron chi connectivity index (χ2n) is 5.25. The van der Waals surface area contributed by atoms with Crippen LogP contribution in [0.5, 0.6) is 0 Å². The first-order valence-corrected chi connectivity index (χ1v) is 7.46. The molecule has 1 heterocycles. The Morgan fingerprint density at radius 3 is 2.65 bits per heavy atom. The zero-order valence-corrected chi connectivity index (χ0v) is 12.2. The van der Waals surface area contributed by atoms with E-state index in [1.807, 2.05) is 0 Å². The van der Waals surface area contributed by atoms with Crippen LogP contribution >= 0.6 is 11.6 Å². The lowest BCUT2D eigenvalue weighted by Gasteiger charge is -2.31. The summed E-state index contributed by atoms with van der Waals surface area (Å²) in [7, 11) is 0. The Balaban J connectivity index is 1.83. The topological polar surface area (TPSA) is 29.3 Å². The Labute approximate surface area is 125 Å². The normalized spacial score (nSPS) is 14.2. The summed E-state index contributed by atoms with van der Waals surface area (Å²) in [6.07, 6.45) is 1.93. The molecule has 0 spiro atoms. The van der Waals surface area contributed by atoms with Gasteiger partial charge in [-0.2, -0.15) is 0 Å². The van der Waals surface area contributed by atoms with Gasteiger partial charge in [0.15, 0.2) is 0 Å². The summed E-state index contributed by atoms with van der Waals surface area (Å²) in [6, 6.07) is 15.0. The molecule has 1 aliphatic heterocycles. The number of anilines is 1. The van der Waals surface area contributed by atoms with E-state index < -0.39 is 0 Å². The zero-order valence-electron chi connectivity index (χ0n) is 11.5. The van der Waals surface area contributed by atoms with Gasteiger partial charge in [0.25, 0.3) is 0 Å². The smallest absolute Gasteiger partial charge is 0.0459 e. The molecule has 3 rings (SSSR count). The summed E-state index contributed by atoms with van der Waals surface area (Å²) in [6.45, 7) is 2.64. The molecular weight excluding hydrogens is 268 g/mol. The van der Waals surface area contributed by atoms with Crippen molar-refractivity contribution in [3.63, 3.8) is 0 Å². The zero-order chi connectivity index (χ0) is 13.9. The summed E-state index contributed by atoms with van der Waals surface area (Å²) < 4.78 is 0. The molecule has 2 aromatic carbocycles. The van der Waals surface area contributed by atoms with Crippen LogP contribution in [0, 0.1) is 0 Å². The largest absolute Gasteiger partial charge is 0.367 e. The molecule has 0 aliphatic carbocycles. The molecule has 2 N–H and O–H groups in total. The Hall–Kier alpha value is -1.51. The first kappa shape index (κ1) is 13.5. The Kier molecular flexibility index (Phi) is 3.95. The van der Waals surface area contributed by atoms with Crippen molar-refractivity contribution in [3.8, 4) is 0 Å². The molecule has 0 amide bonds. The third kappa shape index (κ3) is 2.67. The van der Waals surface area contributed by atoms with Crippen LogP contribution < -0.4 is 10.6 Å². The van der Waals surface area contributed by atoms with Crippen molar-refractivity contribution >= 4 is 17.3 Å². The van der Waals surface area contributed by atoms with Crippen LogP contribution in [0.2, 0.25) is 5.02 Å². The van der Waals surface area contributed by atoms with Crippen LogP contribution in [0.1, 0.15) is 16.7 Å². The Bertz CT molecular complexity index is 610. The average molecular weight is 287 g/mol. The molecule has 20 heavy (non-hydrogen) atoms. The number of benzene rings is 2. The van der Waals surface area contributed by atoms with Gasteiger partial charge in [-0.05, 0) is 48.2 Å². The van der Waals surface area contributed by atoms with Crippen molar-refractivity contribution < 1.29 is 0 Å². The number of halogens is 1. The van der Waals surface area contributed by atoms with Gasteiger partial charge in [0, 0.05) is 23.8 Å². The lowest BCUT2D eigenvalue weighted by Crippen LogP contribution is -2.30. The van der Waals surface area contributed by atoms with E-state index in [1.165, 1.54) is 16.8 Å². The summed E-state index contributed by atoms with van der Waals surface area (Å²) in [5.74, 6) is 0. The van der Waals surface area contributed by atoms with Gasteiger partial charge in [-0.25, -0.2) is 0 Å². The van der Waals surface area contributed by atoms with Gasteiger partial charge in [0.2, 0.25) is 0 Å². The fourth-order valence-electron chi connectivity index (χ4n) is 2.81. The molecule has 2 nitrogen and oxygen atoms in total. The third-order valence-corrected chi connectivity index (χ3v) is 4.30. The highest BCUT2D eigenvalue weighted by Gasteiger charge is 2.16. The van der Waals surface area contributed by atoms with Gasteiger partial charge < -0.3 is 10.6 Å². The third-order valence-electron chi connectivity index (χ3n) is 3.95. The number of nitrogens with zero attached hydrogens (tertiary/aromatic N) is 1. The number of nitrogens with two attached hydrogens (primary N) is 1. The molecule has 3 heteroatoms. The molecule has 2 aromatic rings. The van der Waals surface area contributed by atoms with E-state index in [-0.39, 0.29) is 0 Å². The fourth-order valence-corrected chi connectivity index (χ4v) is 3.08. The van der Waals surface area contributed by atoms with Crippen LogP contribution in [0.25, 0.3) is 0 Å². The first-order chi connectivity index (χ1) is 9.78. The first-order valence-electron chi connectivity index (χ1n) is 7.08. The molecule has 0 fully saturated rings. The van der Waals surface area contributed by atoms with Crippen LogP contribution in [0.15, 0.2) is 42.5 Å². The minimum Gasteiger partial charge on any atom is -0.367 e. The minimum atomic E-state index is 0.635. The van der Waals surface area contributed by atoms with Crippen molar-refractivity contribution in [3.05, 3.63) is 64.2 Å². The summed E-state index contributed by atoms with van der Waals surface area (Å²) in [4.78, 5) is 2.39. The predicted molar refractivity (Wildman–Crippen MR) is 85.4 cm³/mol. The Morgan fingerprint density at radius 2 is 1.90 bits per heavy atom. The summed E-state index contributed by atoms with van der Waals surface area (Å²) in [5.41, 5.74) is 10.8. The SMILES string of the molecule is NCCc1ccc(N2CCc3ccccc3C2)cc1Cl. The van der Waals surface area contributed by atoms with Gasteiger partial charge in [-0.1, -0.05) is 41.9 Å². The van der Waals surface area contributed by atoms with Crippen LogP contribution in [0.3, 0.4) is 0 Å². The van der Waals surface area contributed by atoms with Gasteiger partial charge >= 0.3 is 0 Å². The van der Waals surface area contributed by atoms with Crippen molar-refractivity contribution in [1.82, 2.24) is 0 Å². The monoisotopic (exact) mass is 286 g/mol. The molecule has 0 radical (unpaired) electrons. The highest BCUT2D eigenvalue weighted by Crippen LogP contribution is 2.28. The summed E-state index contributed by atoms with van der Waals surface area (Å²) in [5, 5.41) is 0.826. The molecule has 0 saturated heterocycles. The van der Waals surface area contributed by atoms with Crippen molar-refractivity contribution in [2.75, 3.05) is 18.0 Å². The van der Waals surface area contributed by atoms with E-state index in [0.29, 0.717) is 6.54 Å². The molecule has 0 aromatic heterocycles. The predicted octanol–water partition coefficient (Wildman–Crippen LogP) is 3.40. The highest BCUT2D eigenvalue weighted by molar-refractivity contribution is 6.31. The Morgan fingerprint density at radius 1 is 1.10 bits per heavy atom. The van der Waals surface area contributed by atoms with Gasteiger partial charge in [-0.15, -0.1) is 0 Å². The minimum absolute atomic E-state index is 0.635. The van der Waals surface area contributed by atoms with E-state index in [4.69, 9.17) is 17.3 Å². The number of rotatable bonds is 3. The van der Waals surface area contributed by atoms with E-state index in [1.54, 1.807) is 0 Å². The number of hydrogen-bond acceptors (Lipinski definition) is 2. The molecule has 0 atom stereocenters. The second kappa shape index (κ2) is 5.86. The standard InChI is InChI=1S/C17H19ClN2/c18-17-11-16(6-5-14(17)7-9-19)20-10-8-13-3-1-2-4-15(13)12-20/h1-6,11H,7-10,12,19H2. The molecular formula is C17H19ClN2. The van der Waals surface area contributed by atoms with Crippen LogP contribution in [0.4, 0.5) is 5.69 Å². The van der Waals surface area contributed by atoms with E-state index >= 15 is 0 Å². The van der Waals surface area contributed by atoms with Crippen LogP contribution in [-0.4, -0.2) is 13.1 Å². The lowest BCUT2D eigenvalue weighted by atomic mass is 9.99. The maximum absolute atomic E-state index is 6.35. The molecule has 104 valence electrons. The van der Waals surface area contributed by atoms with Crippen molar-refractivity contribution in [2.24, 2.45) is 5.73 Å². The molecule has 0 saturated carbocycles. The van der Waals surface area contributed by atoms with E-state index in [9.17, 15) is 0 Å². The lowest BCUT2D eigenvalue weighted by molar-refractivity contribution is 0.731.